The van der Waals surface area contributed by atoms with Gasteiger partial charge in [0.25, 0.3) is 0 Å². The predicted octanol–water partition coefficient (Wildman–Crippen LogP) is 3.10. The molecule has 1 aromatic rings. The average molecular weight is 203 g/mol. The minimum atomic E-state index is -0.166. The van der Waals surface area contributed by atoms with Crippen molar-refractivity contribution >= 4 is 0 Å². The van der Waals surface area contributed by atoms with Gasteiger partial charge in [0.15, 0.2) is 0 Å². The normalized spacial score (nSPS) is 15.3. The molecular formula is C13H14FN. The zero-order valence-electron chi connectivity index (χ0n) is 8.78. The molecule has 0 unspecified atom stereocenters. The highest BCUT2D eigenvalue weighted by molar-refractivity contribution is 5.22. The van der Waals surface area contributed by atoms with E-state index in [2.05, 4.69) is 30.2 Å². The summed E-state index contributed by atoms with van der Waals surface area (Å²) in [6, 6.07) is 6.75. The molecule has 1 aromatic carbocycles. The van der Waals surface area contributed by atoms with Crippen LogP contribution >= 0.6 is 0 Å². The number of allylic oxidation sites excluding steroid dienone is 2. The van der Waals surface area contributed by atoms with Crippen molar-refractivity contribution in [2.24, 2.45) is 0 Å². The van der Waals surface area contributed by atoms with Crippen molar-refractivity contribution in [3.63, 3.8) is 0 Å². The van der Waals surface area contributed by atoms with Crippen LogP contribution in [0.2, 0.25) is 0 Å². The Bertz CT molecular complexity index is 407. The van der Waals surface area contributed by atoms with Crippen LogP contribution < -0.4 is 0 Å². The Balaban J connectivity index is 2.02. The maximum atomic E-state index is 12.9. The third-order valence-electron chi connectivity index (χ3n) is 2.47. The van der Waals surface area contributed by atoms with Crippen LogP contribution in [0.4, 0.5) is 4.39 Å². The Morgan fingerprint density at radius 2 is 2.27 bits per heavy atom. The Morgan fingerprint density at radius 3 is 2.93 bits per heavy atom. The number of halogens is 1. The summed E-state index contributed by atoms with van der Waals surface area (Å²) in [4.78, 5) is 2.15. The first-order valence-electron chi connectivity index (χ1n) is 5.07. The molecular weight excluding hydrogens is 189 g/mol. The van der Waals surface area contributed by atoms with Crippen molar-refractivity contribution in [3.8, 4) is 0 Å². The Labute approximate surface area is 89.5 Å². The van der Waals surface area contributed by atoms with Gasteiger partial charge in [-0.05, 0) is 36.9 Å². The summed E-state index contributed by atoms with van der Waals surface area (Å²) in [5, 5.41) is 0. The number of benzene rings is 1. The summed E-state index contributed by atoms with van der Waals surface area (Å²) < 4.78 is 12.9. The van der Waals surface area contributed by atoms with Gasteiger partial charge in [-0.2, -0.15) is 0 Å². The van der Waals surface area contributed by atoms with Gasteiger partial charge in [0.05, 0.1) is 0 Å². The SMILES string of the molecule is CC1=CCN(Cc2cccc(F)c2)C=C1. The zero-order valence-corrected chi connectivity index (χ0v) is 8.78. The lowest BCUT2D eigenvalue weighted by Crippen LogP contribution is -2.19. The molecule has 0 bridgehead atoms. The topological polar surface area (TPSA) is 3.24 Å². The average Bonchev–Trinajstić information content (AvgIpc) is 2.22. The molecule has 0 saturated heterocycles. The van der Waals surface area contributed by atoms with Gasteiger partial charge < -0.3 is 4.90 Å². The predicted molar refractivity (Wildman–Crippen MR) is 59.7 cm³/mol. The van der Waals surface area contributed by atoms with E-state index in [-0.39, 0.29) is 5.82 Å². The van der Waals surface area contributed by atoms with E-state index in [1.165, 1.54) is 11.6 Å². The zero-order chi connectivity index (χ0) is 10.7. The number of rotatable bonds is 2. The first-order chi connectivity index (χ1) is 7.24. The fourth-order valence-corrected chi connectivity index (χ4v) is 1.60. The molecule has 0 aliphatic carbocycles. The van der Waals surface area contributed by atoms with E-state index in [0.717, 1.165) is 18.7 Å². The minimum absolute atomic E-state index is 0.166. The second kappa shape index (κ2) is 4.30. The second-order valence-corrected chi connectivity index (χ2v) is 3.82. The van der Waals surface area contributed by atoms with Crippen LogP contribution in [0.3, 0.4) is 0 Å². The monoisotopic (exact) mass is 203 g/mol. The molecule has 1 heterocycles. The van der Waals surface area contributed by atoms with Crippen molar-refractivity contribution in [1.29, 1.82) is 0 Å². The van der Waals surface area contributed by atoms with Crippen LogP contribution in [-0.4, -0.2) is 11.4 Å². The van der Waals surface area contributed by atoms with Gasteiger partial charge in [-0.3, -0.25) is 0 Å². The lowest BCUT2D eigenvalue weighted by Gasteiger charge is -2.21. The molecule has 1 aliphatic heterocycles. The number of hydrogen-bond acceptors (Lipinski definition) is 1. The lowest BCUT2D eigenvalue weighted by molar-refractivity contribution is 0.402. The summed E-state index contributed by atoms with van der Waals surface area (Å²) in [6.07, 6.45) is 6.29. The molecule has 15 heavy (non-hydrogen) atoms. The fraction of sp³-hybridized carbons (Fsp3) is 0.231. The smallest absolute Gasteiger partial charge is 0.123 e. The quantitative estimate of drug-likeness (QED) is 0.714. The highest BCUT2D eigenvalue weighted by Gasteiger charge is 2.03. The Morgan fingerprint density at radius 1 is 1.40 bits per heavy atom. The van der Waals surface area contributed by atoms with Crippen LogP contribution in [0.25, 0.3) is 0 Å². The Hall–Kier alpha value is -1.57. The van der Waals surface area contributed by atoms with Crippen molar-refractivity contribution < 1.29 is 4.39 Å². The van der Waals surface area contributed by atoms with Crippen LogP contribution in [-0.2, 0) is 6.54 Å². The van der Waals surface area contributed by atoms with E-state index in [1.807, 2.05) is 6.07 Å². The lowest BCUT2D eigenvalue weighted by atomic mass is 10.1. The van der Waals surface area contributed by atoms with Crippen LogP contribution in [0, 0.1) is 5.82 Å². The van der Waals surface area contributed by atoms with E-state index < -0.39 is 0 Å². The van der Waals surface area contributed by atoms with Gasteiger partial charge in [0, 0.05) is 13.1 Å². The maximum Gasteiger partial charge on any atom is 0.123 e. The van der Waals surface area contributed by atoms with E-state index in [9.17, 15) is 4.39 Å². The molecule has 2 heteroatoms. The molecule has 0 spiro atoms. The summed E-state index contributed by atoms with van der Waals surface area (Å²) in [6.45, 7) is 3.74. The molecule has 0 fully saturated rings. The molecule has 78 valence electrons. The molecule has 0 radical (unpaired) electrons. The van der Waals surface area contributed by atoms with Gasteiger partial charge in [-0.1, -0.05) is 23.8 Å². The van der Waals surface area contributed by atoms with Crippen LogP contribution in [0.5, 0.6) is 0 Å². The molecule has 0 atom stereocenters. The van der Waals surface area contributed by atoms with Crippen LogP contribution in [0.15, 0.2) is 48.2 Å². The fourth-order valence-electron chi connectivity index (χ4n) is 1.60. The van der Waals surface area contributed by atoms with Crippen molar-refractivity contribution in [2.45, 2.75) is 13.5 Å². The molecule has 0 N–H and O–H groups in total. The minimum Gasteiger partial charge on any atom is -0.369 e. The van der Waals surface area contributed by atoms with Crippen molar-refractivity contribution in [3.05, 3.63) is 59.6 Å². The highest BCUT2D eigenvalue weighted by atomic mass is 19.1. The van der Waals surface area contributed by atoms with E-state index in [1.54, 1.807) is 12.1 Å². The summed E-state index contributed by atoms with van der Waals surface area (Å²) >= 11 is 0. The second-order valence-electron chi connectivity index (χ2n) is 3.82. The van der Waals surface area contributed by atoms with Crippen LogP contribution in [0.1, 0.15) is 12.5 Å². The first-order valence-corrected chi connectivity index (χ1v) is 5.07. The van der Waals surface area contributed by atoms with Gasteiger partial charge in [0.2, 0.25) is 0 Å². The van der Waals surface area contributed by atoms with Gasteiger partial charge in [-0.15, -0.1) is 0 Å². The molecule has 1 nitrogen and oxygen atoms in total. The summed E-state index contributed by atoms with van der Waals surface area (Å²) in [5.41, 5.74) is 2.29. The first kappa shape index (κ1) is 9.97. The van der Waals surface area contributed by atoms with Gasteiger partial charge >= 0.3 is 0 Å². The summed E-state index contributed by atoms with van der Waals surface area (Å²) in [5.74, 6) is -0.166. The number of nitrogens with zero attached hydrogens (tertiary/aromatic N) is 1. The molecule has 0 amide bonds. The van der Waals surface area contributed by atoms with E-state index >= 15 is 0 Å². The van der Waals surface area contributed by atoms with E-state index in [0.29, 0.717) is 0 Å². The maximum absolute atomic E-state index is 12.9. The highest BCUT2D eigenvalue weighted by Crippen LogP contribution is 2.11. The molecule has 2 rings (SSSR count). The summed E-state index contributed by atoms with van der Waals surface area (Å²) in [7, 11) is 0. The van der Waals surface area contributed by atoms with Crippen molar-refractivity contribution in [2.75, 3.05) is 6.54 Å². The molecule has 0 aromatic heterocycles. The number of hydrogen-bond donors (Lipinski definition) is 0. The van der Waals surface area contributed by atoms with Gasteiger partial charge in [0.1, 0.15) is 5.82 Å². The third kappa shape index (κ3) is 2.69. The molecule has 1 aliphatic rings. The largest absolute Gasteiger partial charge is 0.369 e. The third-order valence-corrected chi connectivity index (χ3v) is 2.47. The Kier molecular flexibility index (Phi) is 2.86. The van der Waals surface area contributed by atoms with Crippen molar-refractivity contribution in [1.82, 2.24) is 4.90 Å². The standard InChI is InChI=1S/C13H14FN/c1-11-5-7-15(8-6-11)10-12-3-2-4-13(14)9-12/h2-7,9H,8,10H2,1H3. The molecule has 0 saturated carbocycles. The van der Waals surface area contributed by atoms with E-state index in [4.69, 9.17) is 0 Å². The van der Waals surface area contributed by atoms with Gasteiger partial charge in [-0.25, -0.2) is 4.39 Å².